The van der Waals surface area contributed by atoms with Crippen molar-refractivity contribution < 1.29 is 0 Å². The van der Waals surface area contributed by atoms with Gasteiger partial charge < -0.3 is 4.98 Å². The van der Waals surface area contributed by atoms with Gasteiger partial charge >= 0.3 is 0 Å². The molecule has 1 aromatic carbocycles. The number of hydrogen-bond donors (Lipinski definition) is 1. The number of aryl methyl sites for hydroxylation is 2. The van der Waals surface area contributed by atoms with Crippen LogP contribution in [0.4, 0.5) is 0 Å². The zero-order chi connectivity index (χ0) is 13.2. The molecule has 3 aromatic rings. The molecule has 0 saturated heterocycles. The maximum Gasteiger partial charge on any atom is 0.123 e. The number of nitriles is 1. The predicted octanol–water partition coefficient (Wildman–Crippen LogP) is 3.45. The predicted molar refractivity (Wildman–Crippen MR) is 75.9 cm³/mol. The van der Waals surface area contributed by atoms with Gasteiger partial charge in [-0.2, -0.15) is 5.26 Å². The van der Waals surface area contributed by atoms with Gasteiger partial charge in [-0.1, -0.05) is 0 Å². The Hall–Kier alpha value is -2.19. The summed E-state index contributed by atoms with van der Waals surface area (Å²) >= 11 is 1.61. The second kappa shape index (κ2) is 4.82. The molecule has 0 fully saturated rings. The van der Waals surface area contributed by atoms with Crippen molar-refractivity contribution in [3.8, 4) is 16.6 Å². The standard InChI is InChI=1S/C14H12N4S/c1-9-16-12-5-4-10(7-13(12)17-9)14-18-11(8-19-14)3-2-6-15/h4-5,7-8H,2-3H2,1H3,(H,16,17). The molecule has 0 aliphatic heterocycles. The highest BCUT2D eigenvalue weighted by atomic mass is 32.1. The molecule has 94 valence electrons. The van der Waals surface area contributed by atoms with E-state index >= 15 is 0 Å². The summed E-state index contributed by atoms with van der Waals surface area (Å²) in [5, 5.41) is 11.6. The normalized spacial score (nSPS) is 10.7. The first-order valence-electron chi connectivity index (χ1n) is 6.04. The van der Waals surface area contributed by atoms with E-state index in [1.54, 1.807) is 11.3 Å². The maximum absolute atomic E-state index is 8.59. The van der Waals surface area contributed by atoms with Crippen LogP contribution >= 0.6 is 11.3 Å². The number of aromatic amines is 1. The van der Waals surface area contributed by atoms with E-state index in [2.05, 4.69) is 27.1 Å². The minimum absolute atomic E-state index is 0.516. The lowest BCUT2D eigenvalue weighted by Crippen LogP contribution is -1.84. The van der Waals surface area contributed by atoms with Crippen LogP contribution < -0.4 is 0 Å². The van der Waals surface area contributed by atoms with Crippen LogP contribution in [-0.2, 0) is 6.42 Å². The summed E-state index contributed by atoms with van der Waals surface area (Å²) in [6, 6.07) is 8.26. The third kappa shape index (κ3) is 2.35. The van der Waals surface area contributed by atoms with Crippen LogP contribution in [0.15, 0.2) is 23.6 Å². The molecule has 4 nitrogen and oxygen atoms in total. The number of thiazole rings is 1. The van der Waals surface area contributed by atoms with Crippen molar-refractivity contribution in [2.45, 2.75) is 19.8 Å². The van der Waals surface area contributed by atoms with Crippen LogP contribution in [-0.4, -0.2) is 15.0 Å². The number of imidazole rings is 1. The maximum atomic E-state index is 8.59. The van der Waals surface area contributed by atoms with Crippen molar-refractivity contribution in [3.05, 3.63) is 35.1 Å². The minimum Gasteiger partial charge on any atom is -0.342 e. The lowest BCUT2D eigenvalue weighted by Gasteiger charge is -1.96. The number of hydrogen-bond acceptors (Lipinski definition) is 4. The van der Waals surface area contributed by atoms with Gasteiger partial charge in [0.05, 0.1) is 22.8 Å². The first-order chi connectivity index (χ1) is 9.26. The second-order valence-electron chi connectivity index (χ2n) is 4.36. The first kappa shape index (κ1) is 11.9. The van der Waals surface area contributed by atoms with Crippen molar-refractivity contribution in [1.29, 1.82) is 5.26 Å². The van der Waals surface area contributed by atoms with Crippen LogP contribution in [0.3, 0.4) is 0 Å². The van der Waals surface area contributed by atoms with Crippen LogP contribution in [0.25, 0.3) is 21.6 Å². The SMILES string of the molecule is Cc1nc2ccc(-c3nc(CCC#N)cs3)cc2[nH]1. The monoisotopic (exact) mass is 268 g/mol. The fourth-order valence-corrected chi connectivity index (χ4v) is 2.86. The van der Waals surface area contributed by atoms with E-state index in [4.69, 9.17) is 5.26 Å². The average molecular weight is 268 g/mol. The Morgan fingerprint density at radius 3 is 3.11 bits per heavy atom. The lowest BCUT2D eigenvalue weighted by atomic mass is 10.2. The molecule has 0 saturated carbocycles. The van der Waals surface area contributed by atoms with E-state index in [1.165, 1.54) is 0 Å². The van der Waals surface area contributed by atoms with E-state index in [9.17, 15) is 0 Å². The molecular formula is C14H12N4S. The van der Waals surface area contributed by atoms with Gasteiger partial charge in [0.2, 0.25) is 0 Å². The van der Waals surface area contributed by atoms with Gasteiger partial charge in [0.15, 0.2) is 0 Å². The molecule has 0 bridgehead atoms. The molecular weight excluding hydrogens is 256 g/mol. The van der Waals surface area contributed by atoms with Gasteiger partial charge in [0, 0.05) is 23.8 Å². The topological polar surface area (TPSA) is 65.4 Å². The number of rotatable bonds is 3. The summed E-state index contributed by atoms with van der Waals surface area (Å²) in [6.45, 7) is 1.95. The Bertz CT molecular complexity index is 763. The number of nitrogens with one attached hydrogen (secondary N) is 1. The fourth-order valence-electron chi connectivity index (χ4n) is 2.01. The molecule has 0 aliphatic rings. The molecule has 0 aliphatic carbocycles. The molecule has 0 radical (unpaired) electrons. The zero-order valence-corrected chi connectivity index (χ0v) is 11.3. The first-order valence-corrected chi connectivity index (χ1v) is 6.92. The molecule has 2 heterocycles. The minimum atomic E-state index is 0.516. The summed E-state index contributed by atoms with van der Waals surface area (Å²) in [5.41, 5.74) is 4.08. The number of fused-ring (bicyclic) bond motifs is 1. The highest BCUT2D eigenvalue weighted by Gasteiger charge is 2.07. The third-order valence-corrected chi connectivity index (χ3v) is 3.83. The molecule has 0 spiro atoms. The van der Waals surface area contributed by atoms with E-state index in [-0.39, 0.29) is 0 Å². The summed E-state index contributed by atoms with van der Waals surface area (Å²) in [7, 11) is 0. The number of benzene rings is 1. The second-order valence-corrected chi connectivity index (χ2v) is 5.21. The molecule has 3 rings (SSSR count). The van der Waals surface area contributed by atoms with Crippen LogP contribution in [0.5, 0.6) is 0 Å². The van der Waals surface area contributed by atoms with Crippen molar-refractivity contribution in [1.82, 2.24) is 15.0 Å². The molecule has 5 heteroatoms. The van der Waals surface area contributed by atoms with E-state index < -0.39 is 0 Å². The van der Waals surface area contributed by atoms with Crippen LogP contribution in [0.1, 0.15) is 17.9 Å². The lowest BCUT2D eigenvalue weighted by molar-refractivity contribution is 0.969. The van der Waals surface area contributed by atoms with E-state index in [1.807, 2.05) is 24.4 Å². The van der Waals surface area contributed by atoms with Crippen molar-refractivity contribution >= 4 is 22.4 Å². The Morgan fingerprint density at radius 2 is 2.26 bits per heavy atom. The number of H-pyrrole nitrogens is 1. The Morgan fingerprint density at radius 1 is 1.37 bits per heavy atom. The summed E-state index contributed by atoms with van der Waals surface area (Å²) in [5.74, 6) is 0.918. The van der Waals surface area contributed by atoms with Crippen LogP contribution in [0, 0.1) is 18.3 Å². The molecule has 2 aromatic heterocycles. The van der Waals surface area contributed by atoms with E-state index in [0.29, 0.717) is 6.42 Å². The van der Waals surface area contributed by atoms with Gasteiger partial charge in [0.25, 0.3) is 0 Å². The highest BCUT2D eigenvalue weighted by Crippen LogP contribution is 2.26. The Labute approximate surface area is 114 Å². The van der Waals surface area contributed by atoms with Crippen molar-refractivity contribution in [3.63, 3.8) is 0 Å². The molecule has 0 atom stereocenters. The largest absolute Gasteiger partial charge is 0.342 e. The smallest absolute Gasteiger partial charge is 0.123 e. The fraction of sp³-hybridized carbons (Fsp3) is 0.214. The van der Waals surface area contributed by atoms with Crippen LogP contribution in [0.2, 0.25) is 0 Å². The summed E-state index contributed by atoms with van der Waals surface area (Å²) in [6.07, 6.45) is 1.24. The van der Waals surface area contributed by atoms with Crippen molar-refractivity contribution in [2.24, 2.45) is 0 Å². The van der Waals surface area contributed by atoms with Gasteiger partial charge in [-0.15, -0.1) is 11.3 Å². The van der Waals surface area contributed by atoms with Gasteiger partial charge in [-0.25, -0.2) is 9.97 Å². The summed E-state index contributed by atoms with van der Waals surface area (Å²) in [4.78, 5) is 12.2. The third-order valence-electron chi connectivity index (χ3n) is 2.89. The number of aromatic nitrogens is 3. The highest BCUT2D eigenvalue weighted by molar-refractivity contribution is 7.13. The Balaban J connectivity index is 1.94. The zero-order valence-electron chi connectivity index (χ0n) is 10.5. The van der Waals surface area contributed by atoms with Gasteiger partial charge in [0.1, 0.15) is 10.8 Å². The molecule has 1 N–H and O–H groups in total. The average Bonchev–Trinajstić information content (AvgIpc) is 3.00. The van der Waals surface area contributed by atoms with E-state index in [0.717, 1.165) is 39.5 Å². The summed E-state index contributed by atoms with van der Waals surface area (Å²) < 4.78 is 0. The van der Waals surface area contributed by atoms with Gasteiger partial charge in [-0.3, -0.25) is 0 Å². The molecule has 0 unspecified atom stereocenters. The van der Waals surface area contributed by atoms with Gasteiger partial charge in [-0.05, 0) is 25.1 Å². The molecule has 0 amide bonds. The Kier molecular flexibility index (Phi) is 3.02. The van der Waals surface area contributed by atoms with Crippen molar-refractivity contribution in [2.75, 3.05) is 0 Å². The quantitative estimate of drug-likeness (QED) is 0.791. The number of nitrogens with zero attached hydrogens (tertiary/aromatic N) is 3. The molecule has 19 heavy (non-hydrogen) atoms.